The van der Waals surface area contributed by atoms with Crippen LogP contribution in [-0.4, -0.2) is 49.3 Å². The van der Waals surface area contributed by atoms with E-state index in [1.54, 1.807) is 0 Å². The molecule has 0 aliphatic rings. The number of aliphatic carboxylic acids is 1. The molecule has 1 atom stereocenters. The predicted octanol–water partition coefficient (Wildman–Crippen LogP) is 0.550. The third kappa shape index (κ3) is 4.69. The second-order valence-electron chi connectivity index (χ2n) is 4.34. The van der Waals surface area contributed by atoms with Gasteiger partial charge in [-0.1, -0.05) is 11.6 Å². The van der Waals surface area contributed by atoms with Crippen LogP contribution in [0.25, 0.3) is 0 Å². The van der Waals surface area contributed by atoms with Gasteiger partial charge in [0.25, 0.3) is 0 Å². The Balaban J connectivity index is 2.78. The Labute approximate surface area is 127 Å². The molecule has 0 fully saturated rings. The van der Waals surface area contributed by atoms with Gasteiger partial charge in [-0.15, -0.1) is 0 Å². The van der Waals surface area contributed by atoms with Crippen molar-refractivity contribution >= 4 is 33.5 Å². The Hall–Kier alpha value is -1.64. The number of carbonyl (C=O) groups excluding carboxylic acids is 1. The Morgan fingerprint density at radius 1 is 1.33 bits per heavy atom. The summed E-state index contributed by atoms with van der Waals surface area (Å²) in [5.74, 6) is -1.91. The van der Waals surface area contributed by atoms with Gasteiger partial charge in [-0.25, -0.2) is 8.42 Å². The van der Waals surface area contributed by atoms with E-state index in [1.807, 2.05) is 0 Å². The van der Waals surface area contributed by atoms with E-state index < -0.39 is 34.5 Å². The third-order valence-electron chi connectivity index (χ3n) is 2.64. The van der Waals surface area contributed by atoms with E-state index in [0.29, 0.717) is 5.02 Å². The van der Waals surface area contributed by atoms with E-state index in [1.165, 1.54) is 38.2 Å². The molecule has 0 spiro atoms. The first-order valence-electron chi connectivity index (χ1n) is 5.88. The first-order valence-corrected chi connectivity index (χ1v) is 7.70. The van der Waals surface area contributed by atoms with Crippen LogP contribution in [0.2, 0.25) is 5.02 Å². The van der Waals surface area contributed by atoms with Crippen LogP contribution in [-0.2, 0) is 19.6 Å². The number of hydrogen-bond donors (Lipinski definition) is 2. The van der Waals surface area contributed by atoms with E-state index >= 15 is 0 Å². The molecule has 116 valence electrons. The number of rotatable bonds is 6. The van der Waals surface area contributed by atoms with Gasteiger partial charge in [0.2, 0.25) is 15.9 Å². The van der Waals surface area contributed by atoms with Gasteiger partial charge in [0, 0.05) is 12.1 Å². The largest absolute Gasteiger partial charge is 0.480 e. The van der Waals surface area contributed by atoms with Crippen molar-refractivity contribution < 1.29 is 23.1 Å². The predicted molar refractivity (Wildman–Crippen MR) is 76.5 cm³/mol. The van der Waals surface area contributed by atoms with E-state index in [4.69, 9.17) is 16.7 Å². The van der Waals surface area contributed by atoms with Gasteiger partial charge in [0.15, 0.2) is 0 Å². The summed E-state index contributed by atoms with van der Waals surface area (Å²) >= 11 is 5.68. The Morgan fingerprint density at radius 3 is 2.33 bits per heavy atom. The van der Waals surface area contributed by atoms with Crippen molar-refractivity contribution in [2.75, 3.05) is 13.6 Å². The second-order valence-corrected chi connectivity index (χ2v) is 6.82. The summed E-state index contributed by atoms with van der Waals surface area (Å²) in [6.45, 7) is 0.802. The number of hydrogen-bond acceptors (Lipinski definition) is 4. The van der Waals surface area contributed by atoms with Gasteiger partial charge in [0.05, 0.1) is 11.4 Å². The van der Waals surface area contributed by atoms with Crippen LogP contribution < -0.4 is 5.32 Å². The third-order valence-corrected chi connectivity index (χ3v) is 4.71. The standard InChI is InChI=1S/C12H15ClN2O5S/c1-8(12(17)18)14-11(16)7-15(2)21(19,20)10-5-3-9(13)4-6-10/h3-6,8H,7H2,1-2H3,(H,14,16)(H,17,18). The monoisotopic (exact) mass is 334 g/mol. The van der Waals surface area contributed by atoms with Gasteiger partial charge in [-0.3, -0.25) is 9.59 Å². The van der Waals surface area contributed by atoms with Crippen LogP contribution in [0.5, 0.6) is 0 Å². The number of nitrogens with one attached hydrogen (secondary N) is 1. The molecule has 0 radical (unpaired) electrons. The van der Waals surface area contributed by atoms with Crippen molar-refractivity contribution in [3.63, 3.8) is 0 Å². The molecular weight excluding hydrogens is 320 g/mol. The summed E-state index contributed by atoms with van der Waals surface area (Å²) in [6.07, 6.45) is 0. The maximum absolute atomic E-state index is 12.2. The summed E-state index contributed by atoms with van der Waals surface area (Å²) in [4.78, 5) is 22.2. The fraction of sp³-hybridized carbons (Fsp3) is 0.333. The SMILES string of the molecule is CC(NC(=O)CN(C)S(=O)(=O)c1ccc(Cl)cc1)C(=O)O. The van der Waals surface area contributed by atoms with Crippen molar-refractivity contribution in [1.29, 1.82) is 0 Å². The molecule has 0 saturated carbocycles. The molecule has 1 aromatic rings. The molecule has 0 aliphatic carbocycles. The molecule has 7 nitrogen and oxygen atoms in total. The van der Waals surface area contributed by atoms with E-state index in [9.17, 15) is 18.0 Å². The highest BCUT2D eigenvalue weighted by Gasteiger charge is 2.24. The summed E-state index contributed by atoms with van der Waals surface area (Å²) < 4.78 is 25.2. The summed E-state index contributed by atoms with van der Waals surface area (Å²) in [5, 5.41) is 11.2. The van der Waals surface area contributed by atoms with Crippen molar-refractivity contribution in [2.45, 2.75) is 17.9 Å². The normalized spacial score (nSPS) is 13.0. The fourth-order valence-electron chi connectivity index (χ4n) is 1.42. The molecule has 0 aliphatic heterocycles. The maximum Gasteiger partial charge on any atom is 0.325 e. The van der Waals surface area contributed by atoms with E-state index in [0.717, 1.165) is 4.31 Å². The number of likely N-dealkylation sites (N-methyl/N-ethyl adjacent to an activating group) is 1. The van der Waals surface area contributed by atoms with Crippen LogP contribution in [0.4, 0.5) is 0 Å². The van der Waals surface area contributed by atoms with Crippen LogP contribution in [0.15, 0.2) is 29.2 Å². The lowest BCUT2D eigenvalue weighted by atomic mass is 10.3. The van der Waals surface area contributed by atoms with Crippen molar-refractivity contribution in [2.24, 2.45) is 0 Å². The quantitative estimate of drug-likeness (QED) is 0.790. The van der Waals surface area contributed by atoms with Gasteiger partial charge < -0.3 is 10.4 Å². The zero-order chi connectivity index (χ0) is 16.2. The zero-order valence-electron chi connectivity index (χ0n) is 11.4. The number of nitrogens with zero attached hydrogens (tertiary/aromatic N) is 1. The van der Waals surface area contributed by atoms with Gasteiger partial charge >= 0.3 is 5.97 Å². The molecule has 1 unspecified atom stereocenters. The molecule has 0 saturated heterocycles. The van der Waals surface area contributed by atoms with Crippen molar-refractivity contribution in [3.8, 4) is 0 Å². The second kappa shape index (κ2) is 6.88. The minimum absolute atomic E-state index is 0.00603. The minimum atomic E-state index is -3.84. The lowest BCUT2D eigenvalue weighted by molar-refractivity contribution is -0.141. The lowest BCUT2D eigenvalue weighted by Gasteiger charge is -2.18. The first-order chi connectivity index (χ1) is 9.64. The number of amides is 1. The summed E-state index contributed by atoms with van der Waals surface area (Å²) in [5.41, 5.74) is 0. The molecule has 0 bridgehead atoms. The lowest BCUT2D eigenvalue weighted by Crippen LogP contribution is -2.44. The van der Waals surface area contributed by atoms with Crippen molar-refractivity contribution in [3.05, 3.63) is 29.3 Å². The highest BCUT2D eigenvalue weighted by Crippen LogP contribution is 2.17. The molecule has 0 heterocycles. The minimum Gasteiger partial charge on any atom is -0.480 e. The number of benzene rings is 1. The summed E-state index contributed by atoms with van der Waals surface area (Å²) in [6, 6.07) is 4.41. The van der Waals surface area contributed by atoms with Gasteiger partial charge in [-0.2, -0.15) is 4.31 Å². The molecule has 1 amide bonds. The average molecular weight is 335 g/mol. The highest BCUT2D eigenvalue weighted by atomic mass is 35.5. The molecule has 0 aromatic heterocycles. The first kappa shape index (κ1) is 17.4. The van der Waals surface area contributed by atoms with Crippen LogP contribution >= 0.6 is 11.6 Å². The molecule has 21 heavy (non-hydrogen) atoms. The van der Waals surface area contributed by atoms with Crippen molar-refractivity contribution in [1.82, 2.24) is 9.62 Å². The molecule has 2 N–H and O–H groups in total. The smallest absolute Gasteiger partial charge is 0.325 e. The maximum atomic E-state index is 12.2. The van der Waals surface area contributed by atoms with E-state index in [-0.39, 0.29) is 4.90 Å². The molecular formula is C12H15ClN2O5S. The number of carbonyl (C=O) groups is 2. The fourth-order valence-corrected chi connectivity index (χ4v) is 2.68. The molecule has 1 aromatic carbocycles. The summed E-state index contributed by atoms with van der Waals surface area (Å²) in [7, 11) is -2.61. The Bertz CT molecular complexity index is 630. The Kier molecular flexibility index (Phi) is 5.70. The topological polar surface area (TPSA) is 104 Å². The number of sulfonamides is 1. The van der Waals surface area contributed by atoms with Crippen LogP contribution in [0.3, 0.4) is 0 Å². The van der Waals surface area contributed by atoms with Gasteiger partial charge in [-0.05, 0) is 31.2 Å². The number of halogens is 1. The van der Waals surface area contributed by atoms with Crippen LogP contribution in [0, 0.1) is 0 Å². The van der Waals surface area contributed by atoms with Crippen LogP contribution in [0.1, 0.15) is 6.92 Å². The zero-order valence-corrected chi connectivity index (χ0v) is 13.0. The average Bonchev–Trinajstić information content (AvgIpc) is 2.38. The number of carboxylic acids is 1. The highest BCUT2D eigenvalue weighted by molar-refractivity contribution is 7.89. The molecule has 1 rings (SSSR count). The van der Waals surface area contributed by atoms with E-state index in [2.05, 4.69) is 5.32 Å². The Morgan fingerprint density at radius 2 is 1.86 bits per heavy atom. The molecule has 9 heteroatoms. The number of carboxylic acid groups (broad SMARTS) is 1. The van der Waals surface area contributed by atoms with Gasteiger partial charge in [0.1, 0.15) is 6.04 Å².